The molecule has 53 heavy (non-hydrogen) atoms. The summed E-state index contributed by atoms with van der Waals surface area (Å²) in [6.07, 6.45) is 9.09. The average Bonchev–Trinajstić information content (AvgIpc) is 3.20. The molecule has 2 aliphatic heterocycles. The number of rotatable bonds is 3. The third-order valence-corrected chi connectivity index (χ3v) is 10.0. The third-order valence-electron chi connectivity index (χ3n) is 9.18. The van der Waals surface area contributed by atoms with Crippen molar-refractivity contribution >= 4 is 74.0 Å². The highest BCUT2D eigenvalue weighted by atomic mass is 35.5. The lowest BCUT2D eigenvalue weighted by molar-refractivity contribution is 0.0682. The van der Waals surface area contributed by atoms with Crippen LogP contribution in [0.2, 0.25) is 15.5 Å². The number of halogens is 3. The Balaban J connectivity index is 0.000000150. The van der Waals surface area contributed by atoms with Gasteiger partial charge in [-0.15, -0.1) is 20.4 Å². The van der Waals surface area contributed by atoms with Crippen LogP contribution in [0.15, 0.2) is 97.6 Å². The fourth-order valence-electron chi connectivity index (χ4n) is 6.46. The lowest BCUT2D eigenvalue weighted by atomic mass is 9.99. The number of piperazine rings is 1. The maximum Gasteiger partial charge on any atom is 0.253 e. The Morgan fingerprint density at radius 1 is 0.604 bits per heavy atom. The van der Waals surface area contributed by atoms with Crippen LogP contribution in [0.4, 0.5) is 5.82 Å². The molecule has 2 aromatic carbocycles. The summed E-state index contributed by atoms with van der Waals surface area (Å²) < 4.78 is 0. The molecule has 0 bridgehead atoms. The second-order valence-electron chi connectivity index (χ2n) is 13.0. The van der Waals surface area contributed by atoms with Gasteiger partial charge in [0.05, 0.1) is 0 Å². The van der Waals surface area contributed by atoms with Gasteiger partial charge in [-0.3, -0.25) is 19.6 Å². The minimum absolute atomic E-state index is 0.0609. The monoisotopic (exact) mass is 769 g/mol. The predicted octanol–water partition coefficient (Wildman–Crippen LogP) is 7.92. The molecule has 2 atom stereocenters. The number of nitrogens with zero attached hydrogens (tertiary/aromatic N) is 9. The van der Waals surface area contributed by atoms with E-state index in [9.17, 15) is 9.59 Å². The lowest BCUT2D eigenvalue weighted by Gasteiger charge is -2.40. The summed E-state index contributed by atoms with van der Waals surface area (Å²) in [4.78, 5) is 38.9. The van der Waals surface area contributed by atoms with Crippen LogP contribution < -0.4 is 4.90 Å². The summed E-state index contributed by atoms with van der Waals surface area (Å²) in [6.45, 7) is 8.06. The van der Waals surface area contributed by atoms with Crippen molar-refractivity contribution in [2.75, 3.05) is 37.6 Å². The topological polar surface area (TPSA) is 121 Å². The number of amides is 2. The molecule has 14 heteroatoms. The number of anilines is 1. The number of likely N-dealkylation sites (tertiary alicyclic amines) is 1. The van der Waals surface area contributed by atoms with Crippen LogP contribution in [-0.2, 0) is 0 Å². The molecule has 2 amide bonds. The number of fused-ring (bicyclic) bond motifs is 2. The van der Waals surface area contributed by atoms with Crippen molar-refractivity contribution in [1.82, 2.24) is 40.2 Å². The quantitative estimate of drug-likeness (QED) is 0.177. The largest absolute Gasteiger partial charge is 0.348 e. The summed E-state index contributed by atoms with van der Waals surface area (Å²) in [5.41, 5.74) is 1.53. The maximum absolute atomic E-state index is 12.7. The molecule has 0 spiro atoms. The van der Waals surface area contributed by atoms with Gasteiger partial charge >= 0.3 is 0 Å². The van der Waals surface area contributed by atoms with Gasteiger partial charge in [-0.2, -0.15) is 0 Å². The van der Waals surface area contributed by atoms with E-state index in [0.29, 0.717) is 46.6 Å². The number of hydrogen-bond acceptors (Lipinski definition) is 9. The molecule has 0 radical (unpaired) electrons. The Morgan fingerprint density at radius 3 is 1.66 bits per heavy atom. The van der Waals surface area contributed by atoms with Gasteiger partial charge < -0.3 is 14.7 Å². The molecular weight excluding hydrogens is 733 g/mol. The summed E-state index contributed by atoms with van der Waals surface area (Å²) in [7, 11) is 0. The van der Waals surface area contributed by atoms with E-state index in [-0.39, 0.29) is 17.9 Å². The molecule has 4 aromatic heterocycles. The standard InChI is InChI=1S/C19H18ClN5O.C13H17NO.C7H3Cl2N3/c1-13-12-24(19(26)14-5-3-2-4-6-14)9-10-25(13)18-16-11-21-8-7-15(16)17(20)22-23-18;1-11-6-5-9-14(10-11)13(15)12-7-3-2-4-8-12;8-6-4-1-2-10-3-5(4)7(9)12-11-6/h2-8,11,13H,9-10,12H2,1H3;2-4,7-8,11H,5-6,9-10H2,1H3;1-3H/t13-;11-;/m10./s1. The van der Waals surface area contributed by atoms with Crippen LogP contribution >= 0.6 is 34.8 Å². The first-order valence-corrected chi connectivity index (χ1v) is 18.5. The van der Waals surface area contributed by atoms with E-state index < -0.39 is 0 Å². The molecule has 2 saturated heterocycles. The van der Waals surface area contributed by atoms with Gasteiger partial charge in [0.1, 0.15) is 0 Å². The van der Waals surface area contributed by atoms with Gasteiger partial charge in [-0.1, -0.05) is 78.1 Å². The zero-order valence-electron chi connectivity index (χ0n) is 29.3. The molecule has 6 aromatic rings. The van der Waals surface area contributed by atoms with Gasteiger partial charge in [-0.05, 0) is 62.1 Å². The van der Waals surface area contributed by atoms with Crippen LogP contribution in [0.3, 0.4) is 0 Å². The van der Waals surface area contributed by atoms with Crippen molar-refractivity contribution in [2.24, 2.45) is 5.92 Å². The number of carbonyl (C=O) groups is 2. The molecule has 2 fully saturated rings. The lowest BCUT2D eigenvalue weighted by Crippen LogP contribution is -2.54. The molecule has 6 heterocycles. The van der Waals surface area contributed by atoms with E-state index in [1.807, 2.05) is 76.5 Å². The zero-order valence-corrected chi connectivity index (χ0v) is 31.6. The van der Waals surface area contributed by atoms with Crippen molar-refractivity contribution in [1.29, 1.82) is 0 Å². The summed E-state index contributed by atoms with van der Waals surface area (Å²) in [5.74, 6) is 1.65. The van der Waals surface area contributed by atoms with Crippen molar-refractivity contribution in [3.63, 3.8) is 0 Å². The average molecular weight is 771 g/mol. The van der Waals surface area contributed by atoms with E-state index in [4.69, 9.17) is 34.8 Å². The van der Waals surface area contributed by atoms with Crippen LogP contribution in [-0.4, -0.2) is 90.7 Å². The van der Waals surface area contributed by atoms with Gasteiger partial charge in [0.15, 0.2) is 21.3 Å². The van der Waals surface area contributed by atoms with Gasteiger partial charge in [0, 0.05) is 96.2 Å². The Bertz CT molecular complexity index is 2140. The normalized spacial score (nSPS) is 17.0. The van der Waals surface area contributed by atoms with Crippen LogP contribution in [0.1, 0.15) is 47.4 Å². The number of piperidine rings is 1. The Kier molecular flexibility index (Phi) is 12.6. The number of carbonyl (C=O) groups excluding carboxylic acids is 2. The number of benzene rings is 2. The van der Waals surface area contributed by atoms with E-state index >= 15 is 0 Å². The minimum atomic E-state index is 0.0609. The van der Waals surface area contributed by atoms with Crippen molar-refractivity contribution < 1.29 is 9.59 Å². The third kappa shape index (κ3) is 9.16. The van der Waals surface area contributed by atoms with Gasteiger partial charge in [-0.25, -0.2) is 0 Å². The van der Waals surface area contributed by atoms with Gasteiger partial charge in [0.25, 0.3) is 11.8 Å². The molecule has 0 saturated carbocycles. The minimum Gasteiger partial charge on any atom is -0.348 e. The second kappa shape index (κ2) is 17.7. The first-order valence-electron chi connectivity index (χ1n) is 17.3. The second-order valence-corrected chi connectivity index (χ2v) is 14.0. The molecular formula is C39H38Cl3N9O2. The van der Waals surface area contributed by atoms with E-state index in [0.717, 1.165) is 52.4 Å². The van der Waals surface area contributed by atoms with E-state index in [1.165, 1.54) is 6.42 Å². The van der Waals surface area contributed by atoms with Crippen LogP contribution in [0.25, 0.3) is 21.5 Å². The molecule has 11 nitrogen and oxygen atoms in total. The Hall–Kier alpha value is -4.97. The predicted molar refractivity (Wildman–Crippen MR) is 210 cm³/mol. The molecule has 0 aliphatic carbocycles. The van der Waals surface area contributed by atoms with Crippen LogP contribution in [0.5, 0.6) is 0 Å². The van der Waals surface area contributed by atoms with E-state index in [1.54, 1.807) is 30.9 Å². The fraction of sp³-hybridized carbons (Fsp3) is 0.282. The fourth-order valence-corrected chi connectivity index (χ4v) is 7.05. The smallest absolute Gasteiger partial charge is 0.253 e. The molecule has 8 rings (SSSR count). The molecule has 2 aliphatic rings. The van der Waals surface area contributed by atoms with E-state index in [2.05, 4.69) is 49.1 Å². The van der Waals surface area contributed by atoms with Crippen molar-refractivity contribution in [3.8, 4) is 0 Å². The molecule has 0 unspecified atom stereocenters. The number of hydrogen-bond donors (Lipinski definition) is 0. The SMILES string of the molecule is C[C@@H]1CN(C(=O)c2ccccc2)CCN1c1nnc(Cl)c2ccncc12.C[C@H]1CCCN(C(=O)c2ccccc2)C1.Clc1nnc(Cl)c2cnccc12. The first-order chi connectivity index (χ1) is 25.7. The molecule has 272 valence electrons. The van der Waals surface area contributed by atoms with Crippen LogP contribution in [0, 0.1) is 5.92 Å². The van der Waals surface area contributed by atoms with Crippen molar-refractivity contribution in [2.45, 2.75) is 32.7 Å². The van der Waals surface area contributed by atoms with Gasteiger partial charge in [0.2, 0.25) is 0 Å². The zero-order chi connectivity index (χ0) is 37.3. The highest BCUT2D eigenvalue weighted by Gasteiger charge is 2.29. The highest BCUT2D eigenvalue weighted by molar-refractivity contribution is 6.38. The Labute approximate surface area is 322 Å². The molecule has 0 N–H and O–H groups in total. The number of pyridine rings is 2. The Morgan fingerprint density at radius 2 is 1.11 bits per heavy atom. The summed E-state index contributed by atoms with van der Waals surface area (Å²) in [6, 6.07) is 22.6. The summed E-state index contributed by atoms with van der Waals surface area (Å²) >= 11 is 17.7. The number of aromatic nitrogens is 6. The van der Waals surface area contributed by atoms with Crippen molar-refractivity contribution in [3.05, 3.63) is 124 Å². The maximum atomic E-state index is 12.7. The highest BCUT2D eigenvalue weighted by Crippen LogP contribution is 2.30. The summed E-state index contributed by atoms with van der Waals surface area (Å²) in [5, 5.41) is 19.9. The first kappa shape index (κ1) is 37.8.